The van der Waals surface area contributed by atoms with Gasteiger partial charge in [-0.2, -0.15) is 0 Å². The topological polar surface area (TPSA) is 65.1 Å². The van der Waals surface area contributed by atoms with Crippen molar-refractivity contribution in [3.63, 3.8) is 0 Å². The number of hydrogen-bond acceptors (Lipinski definition) is 3. The lowest BCUT2D eigenvalue weighted by atomic mass is 10.1. The summed E-state index contributed by atoms with van der Waals surface area (Å²) in [4.78, 5) is 30.5. The Morgan fingerprint density at radius 1 is 0.962 bits per heavy atom. The number of amides is 4. The molecule has 0 bridgehead atoms. The normalized spacial score (nSPS) is 17.8. The number of nitrogens with zero attached hydrogens (tertiary/aromatic N) is 3. The van der Waals surface area contributed by atoms with Gasteiger partial charge in [0.25, 0.3) is 0 Å². The molecule has 0 aromatic heterocycles. The van der Waals surface area contributed by atoms with Gasteiger partial charge in [0.05, 0.1) is 7.11 Å². The first-order valence-corrected chi connectivity index (χ1v) is 9.37. The summed E-state index contributed by atoms with van der Waals surface area (Å²) in [5.41, 5.74) is 0.997. The Morgan fingerprint density at radius 2 is 1.62 bits per heavy atom. The van der Waals surface area contributed by atoms with E-state index in [1.165, 1.54) is 6.42 Å². The van der Waals surface area contributed by atoms with Crippen molar-refractivity contribution in [2.75, 3.05) is 46.4 Å². The van der Waals surface area contributed by atoms with Gasteiger partial charge in [0.15, 0.2) is 0 Å². The number of carbonyl (C=O) groups excluding carboxylic acids is 2. The number of methoxy groups -OCH3 is 1. The van der Waals surface area contributed by atoms with Crippen LogP contribution in [0.1, 0.15) is 24.8 Å². The molecule has 2 aliphatic rings. The Balaban J connectivity index is 1.43. The standard InChI is InChI=1S/C19H28N4O3/c1-26-17-7-5-6-16(14-17)15-20-18(24)21-10-12-23(13-11-21)19(25)22-8-3-2-4-9-22/h5-7,14H,2-4,8-13,15H2,1H3,(H,20,24). The molecule has 1 N–H and O–H groups in total. The zero-order valence-corrected chi connectivity index (χ0v) is 15.4. The fourth-order valence-electron chi connectivity index (χ4n) is 3.46. The highest BCUT2D eigenvalue weighted by atomic mass is 16.5. The number of rotatable bonds is 3. The SMILES string of the molecule is COc1cccc(CNC(=O)N2CCN(C(=O)N3CCCCC3)CC2)c1. The van der Waals surface area contributed by atoms with Crippen LogP contribution >= 0.6 is 0 Å². The largest absolute Gasteiger partial charge is 0.497 e. The molecule has 0 spiro atoms. The van der Waals surface area contributed by atoms with Crippen molar-refractivity contribution in [2.45, 2.75) is 25.8 Å². The number of ether oxygens (including phenoxy) is 1. The van der Waals surface area contributed by atoms with Crippen LogP contribution in [0, 0.1) is 0 Å². The minimum Gasteiger partial charge on any atom is -0.497 e. The van der Waals surface area contributed by atoms with E-state index in [9.17, 15) is 9.59 Å². The molecule has 7 nitrogen and oxygen atoms in total. The van der Waals surface area contributed by atoms with Crippen molar-refractivity contribution in [1.82, 2.24) is 20.0 Å². The van der Waals surface area contributed by atoms with Gasteiger partial charge in [-0.3, -0.25) is 0 Å². The first kappa shape index (κ1) is 18.4. The second-order valence-corrected chi connectivity index (χ2v) is 6.81. The molecule has 0 atom stereocenters. The lowest BCUT2D eigenvalue weighted by Crippen LogP contribution is -2.56. The lowest BCUT2D eigenvalue weighted by molar-refractivity contribution is 0.113. The van der Waals surface area contributed by atoms with E-state index in [0.717, 1.165) is 37.2 Å². The van der Waals surface area contributed by atoms with Crippen LogP contribution in [0.15, 0.2) is 24.3 Å². The summed E-state index contributed by atoms with van der Waals surface area (Å²) < 4.78 is 5.20. The Kier molecular flexibility index (Phi) is 6.20. The Labute approximate surface area is 154 Å². The van der Waals surface area contributed by atoms with Crippen molar-refractivity contribution >= 4 is 12.1 Å². The molecule has 0 aliphatic carbocycles. The predicted molar refractivity (Wildman–Crippen MR) is 99.2 cm³/mol. The van der Waals surface area contributed by atoms with Crippen LogP contribution in [-0.4, -0.2) is 73.1 Å². The molecule has 2 saturated heterocycles. The number of nitrogens with one attached hydrogen (secondary N) is 1. The fourth-order valence-corrected chi connectivity index (χ4v) is 3.46. The van der Waals surface area contributed by atoms with Crippen LogP contribution < -0.4 is 10.1 Å². The molecule has 0 radical (unpaired) electrons. The van der Waals surface area contributed by atoms with E-state index in [0.29, 0.717) is 32.7 Å². The molecule has 26 heavy (non-hydrogen) atoms. The van der Waals surface area contributed by atoms with E-state index >= 15 is 0 Å². The molecule has 1 aromatic carbocycles. The van der Waals surface area contributed by atoms with E-state index in [4.69, 9.17) is 4.74 Å². The second kappa shape index (κ2) is 8.78. The fraction of sp³-hybridized carbons (Fsp3) is 0.579. The first-order chi connectivity index (χ1) is 12.7. The molecule has 1 aromatic rings. The number of likely N-dealkylation sites (tertiary alicyclic amines) is 1. The van der Waals surface area contributed by atoms with Crippen molar-refractivity contribution in [3.8, 4) is 5.75 Å². The van der Waals surface area contributed by atoms with E-state index in [1.54, 1.807) is 12.0 Å². The number of piperazine rings is 1. The summed E-state index contributed by atoms with van der Waals surface area (Å²) in [6.07, 6.45) is 3.40. The summed E-state index contributed by atoms with van der Waals surface area (Å²) in [5.74, 6) is 0.779. The van der Waals surface area contributed by atoms with Crippen molar-refractivity contribution in [3.05, 3.63) is 29.8 Å². The van der Waals surface area contributed by atoms with Gasteiger partial charge < -0.3 is 24.8 Å². The summed E-state index contributed by atoms with van der Waals surface area (Å²) in [6, 6.07) is 7.70. The number of carbonyl (C=O) groups is 2. The quantitative estimate of drug-likeness (QED) is 0.898. The highest BCUT2D eigenvalue weighted by Gasteiger charge is 2.27. The van der Waals surface area contributed by atoms with Gasteiger partial charge in [-0.1, -0.05) is 12.1 Å². The van der Waals surface area contributed by atoms with E-state index in [1.807, 2.05) is 34.1 Å². The number of piperidine rings is 1. The highest BCUT2D eigenvalue weighted by molar-refractivity contribution is 5.76. The number of hydrogen-bond donors (Lipinski definition) is 1. The average Bonchev–Trinajstić information content (AvgIpc) is 2.72. The van der Waals surface area contributed by atoms with Gasteiger partial charge in [-0.15, -0.1) is 0 Å². The van der Waals surface area contributed by atoms with Crippen LogP contribution in [0.2, 0.25) is 0 Å². The van der Waals surface area contributed by atoms with Gasteiger partial charge in [-0.05, 0) is 37.0 Å². The molecule has 2 aliphatic heterocycles. The van der Waals surface area contributed by atoms with E-state index < -0.39 is 0 Å². The van der Waals surface area contributed by atoms with Crippen LogP contribution in [0.5, 0.6) is 5.75 Å². The molecule has 142 valence electrons. The second-order valence-electron chi connectivity index (χ2n) is 6.81. The zero-order valence-electron chi connectivity index (χ0n) is 15.4. The van der Waals surface area contributed by atoms with Crippen LogP contribution in [0.25, 0.3) is 0 Å². The summed E-state index contributed by atoms with van der Waals surface area (Å²) in [6.45, 7) is 4.53. The number of urea groups is 2. The minimum absolute atomic E-state index is 0.0853. The molecular weight excluding hydrogens is 332 g/mol. The Morgan fingerprint density at radius 3 is 2.31 bits per heavy atom. The molecule has 0 saturated carbocycles. The van der Waals surface area contributed by atoms with Crippen molar-refractivity contribution in [2.24, 2.45) is 0 Å². The maximum Gasteiger partial charge on any atom is 0.320 e. The Hall–Kier alpha value is -2.44. The third kappa shape index (κ3) is 4.59. The monoisotopic (exact) mass is 360 g/mol. The summed E-state index contributed by atoms with van der Waals surface area (Å²) >= 11 is 0. The molecular formula is C19H28N4O3. The molecule has 4 amide bonds. The summed E-state index contributed by atoms with van der Waals surface area (Å²) in [5, 5.41) is 2.94. The maximum absolute atomic E-state index is 12.5. The van der Waals surface area contributed by atoms with Gasteiger partial charge in [0.1, 0.15) is 5.75 Å². The van der Waals surface area contributed by atoms with Crippen LogP contribution in [0.3, 0.4) is 0 Å². The third-order valence-corrected chi connectivity index (χ3v) is 5.04. The van der Waals surface area contributed by atoms with Gasteiger partial charge >= 0.3 is 12.1 Å². The predicted octanol–water partition coefficient (Wildman–Crippen LogP) is 2.13. The maximum atomic E-state index is 12.5. The smallest absolute Gasteiger partial charge is 0.320 e. The highest BCUT2D eigenvalue weighted by Crippen LogP contribution is 2.14. The molecule has 3 rings (SSSR count). The molecule has 2 heterocycles. The van der Waals surface area contributed by atoms with Crippen molar-refractivity contribution < 1.29 is 14.3 Å². The lowest BCUT2D eigenvalue weighted by Gasteiger charge is -2.38. The molecule has 7 heteroatoms. The third-order valence-electron chi connectivity index (χ3n) is 5.04. The molecule has 0 unspecified atom stereocenters. The van der Waals surface area contributed by atoms with Gasteiger partial charge in [-0.25, -0.2) is 9.59 Å². The first-order valence-electron chi connectivity index (χ1n) is 9.37. The zero-order chi connectivity index (χ0) is 18.4. The van der Waals surface area contributed by atoms with E-state index in [2.05, 4.69) is 5.32 Å². The number of benzene rings is 1. The van der Waals surface area contributed by atoms with Crippen LogP contribution in [0.4, 0.5) is 9.59 Å². The van der Waals surface area contributed by atoms with Crippen LogP contribution in [-0.2, 0) is 6.54 Å². The van der Waals surface area contributed by atoms with Crippen molar-refractivity contribution in [1.29, 1.82) is 0 Å². The average molecular weight is 360 g/mol. The van der Waals surface area contributed by atoms with Gasteiger partial charge in [0, 0.05) is 45.8 Å². The minimum atomic E-state index is -0.0853. The summed E-state index contributed by atoms with van der Waals surface area (Å²) in [7, 11) is 1.63. The van der Waals surface area contributed by atoms with E-state index in [-0.39, 0.29) is 12.1 Å². The Bertz CT molecular complexity index is 623. The molecule has 2 fully saturated rings. The van der Waals surface area contributed by atoms with Gasteiger partial charge in [0.2, 0.25) is 0 Å².